The molecule has 6 nitrogen and oxygen atoms in total. The predicted octanol–water partition coefficient (Wildman–Crippen LogP) is 2.58. The number of benzene rings is 1. The summed E-state index contributed by atoms with van der Waals surface area (Å²) in [4.78, 5) is 16.1. The van der Waals surface area contributed by atoms with Gasteiger partial charge < -0.3 is 19.9 Å². The number of imidazole rings is 1. The number of aromatic nitrogens is 2. The van der Waals surface area contributed by atoms with Crippen LogP contribution in [0.2, 0.25) is 0 Å². The summed E-state index contributed by atoms with van der Waals surface area (Å²) in [6, 6.07) is 7.79. The van der Waals surface area contributed by atoms with Gasteiger partial charge in [0.2, 0.25) is 0 Å². The highest BCUT2D eigenvalue weighted by molar-refractivity contribution is 5.74. The van der Waals surface area contributed by atoms with E-state index >= 15 is 0 Å². The van der Waals surface area contributed by atoms with E-state index < -0.39 is 0 Å². The van der Waals surface area contributed by atoms with Gasteiger partial charge in [0.1, 0.15) is 5.82 Å². The lowest BCUT2D eigenvalue weighted by atomic mass is 10.1. The number of rotatable bonds is 6. The molecule has 2 rings (SSSR count). The zero-order valence-corrected chi connectivity index (χ0v) is 14.0. The van der Waals surface area contributed by atoms with E-state index in [4.69, 9.17) is 4.74 Å². The van der Waals surface area contributed by atoms with Crippen LogP contribution in [0.4, 0.5) is 4.79 Å². The third-order valence-corrected chi connectivity index (χ3v) is 3.80. The zero-order valence-electron chi connectivity index (χ0n) is 14.0. The Morgan fingerprint density at radius 2 is 2.00 bits per heavy atom. The molecule has 2 unspecified atom stereocenters. The molecule has 6 heteroatoms. The van der Waals surface area contributed by atoms with Crippen molar-refractivity contribution in [2.75, 3.05) is 13.7 Å². The number of hydrogen-bond acceptors (Lipinski definition) is 3. The molecule has 1 aromatic carbocycles. The summed E-state index contributed by atoms with van der Waals surface area (Å²) in [5.41, 5.74) is 2.09. The summed E-state index contributed by atoms with van der Waals surface area (Å²) in [5, 5.41) is 5.70. The fraction of sp³-hybridized carbons (Fsp3) is 0.412. The lowest BCUT2D eigenvalue weighted by molar-refractivity contribution is 0.118. The van der Waals surface area contributed by atoms with Crippen LogP contribution < -0.4 is 10.6 Å². The zero-order chi connectivity index (χ0) is 16.8. The first-order chi connectivity index (χ1) is 11.0. The van der Waals surface area contributed by atoms with Gasteiger partial charge in [-0.2, -0.15) is 0 Å². The third kappa shape index (κ3) is 4.56. The smallest absolute Gasteiger partial charge is 0.315 e. The van der Waals surface area contributed by atoms with Crippen LogP contribution in [0.25, 0.3) is 5.69 Å². The van der Waals surface area contributed by atoms with Crippen molar-refractivity contribution in [3.8, 4) is 5.69 Å². The number of amides is 2. The fourth-order valence-electron chi connectivity index (χ4n) is 2.23. The van der Waals surface area contributed by atoms with E-state index in [-0.39, 0.29) is 18.2 Å². The topological polar surface area (TPSA) is 68.2 Å². The number of ether oxygens (including phenoxy) is 1. The Morgan fingerprint density at radius 3 is 2.57 bits per heavy atom. The van der Waals surface area contributed by atoms with Crippen LogP contribution in [-0.4, -0.2) is 35.3 Å². The summed E-state index contributed by atoms with van der Waals surface area (Å²) >= 11 is 0. The van der Waals surface area contributed by atoms with Crippen LogP contribution in [0.15, 0.2) is 36.7 Å². The third-order valence-electron chi connectivity index (χ3n) is 3.80. The standard InChI is InChI=1S/C17H24N4O2/c1-12(23-4)11-19-17(22)20-13(2)15-5-7-16(8-6-15)21-10-9-18-14(21)3/h5-10,12-13H,11H2,1-4H3,(H2,19,20,22). The number of nitrogens with one attached hydrogen (secondary N) is 2. The number of methoxy groups -OCH3 is 1. The molecule has 1 aromatic heterocycles. The normalized spacial score (nSPS) is 13.4. The molecular formula is C17H24N4O2. The molecular weight excluding hydrogens is 292 g/mol. The molecule has 2 N–H and O–H groups in total. The van der Waals surface area contributed by atoms with Gasteiger partial charge in [-0.05, 0) is 38.5 Å². The van der Waals surface area contributed by atoms with Gasteiger partial charge in [0.25, 0.3) is 0 Å². The number of nitrogens with zero attached hydrogens (tertiary/aromatic N) is 2. The molecule has 0 aliphatic heterocycles. The second-order valence-corrected chi connectivity index (χ2v) is 5.56. The van der Waals surface area contributed by atoms with Gasteiger partial charge in [0, 0.05) is 31.7 Å². The summed E-state index contributed by atoms with van der Waals surface area (Å²) in [6.45, 7) is 6.30. The lowest BCUT2D eigenvalue weighted by Crippen LogP contribution is -2.40. The van der Waals surface area contributed by atoms with E-state index in [1.54, 1.807) is 13.3 Å². The fourth-order valence-corrected chi connectivity index (χ4v) is 2.23. The molecule has 0 aliphatic carbocycles. The Bertz CT molecular complexity index is 636. The van der Waals surface area contributed by atoms with Crippen molar-refractivity contribution in [2.24, 2.45) is 0 Å². The Kier molecular flexibility index (Phi) is 5.76. The van der Waals surface area contributed by atoms with E-state index in [1.807, 2.05) is 55.8 Å². The highest BCUT2D eigenvalue weighted by atomic mass is 16.5. The SMILES string of the molecule is COC(C)CNC(=O)NC(C)c1ccc(-n2ccnc2C)cc1. The van der Waals surface area contributed by atoms with Crippen molar-refractivity contribution in [3.05, 3.63) is 48.0 Å². The maximum absolute atomic E-state index is 11.9. The molecule has 0 aliphatic rings. The van der Waals surface area contributed by atoms with E-state index in [1.165, 1.54) is 0 Å². The Hall–Kier alpha value is -2.34. The summed E-state index contributed by atoms with van der Waals surface area (Å²) in [6.07, 6.45) is 3.70. The van der Waals surface area contributed by atoms with Crippen LogP contribution >= 0.6 is 0 Å². The minimum absolute atomic E-state index is 0.00578. The lowest BCUT2D eigenvalue weighted by Gasteiger charge is -2.17. The molecule has 0 spiro atoms. The van der Waals surface area contributed by atoms with E-state index in [0.717, 1.165) is 17.1 Å². The highest BCUT2D eigenvalue weighted by Crippen LogP contribution is 2.16. The van der Waals surface area contributed by atoms with Gasteiger partial charge >= 0.3 is 6.03 Å². The van der Waals surface area contributed by atoms with E-state index in [9.17, 15) is 4.79 Å². The van der Waals surface area contributed by atoms with Crippen LogP contribution in [0.1, 0.15) is 31.3 Å². The van der Waals surface area contributed by atoms with Crippen molar-refractivity contribution >= 4 is 6.03 Å². The molecule has 2 atom stereocenters. The van der Waals surface area contributed by atoms with Crippen LogP contribution in [0, 0.1) is 6.92 Å². The minimum Gasteiger partial charge on any atom is -0.380 e. The summed E-state index contributed by atoms with van der Waals surface area (Å²) < 4.78 is 7.11. The molecule has 124 valence electrons. The average Bonchev–Trinajstić information content (AvgIpc) is 2.98. The number of urea groups is 1. The molecule has 0 saturated carbocycles. The molecule has 0 fully saturated rings. The number of carbonyl (C=O) groups is 1. The van der Waals surface area contributed by atoms with Gasteiger partial charge in [-0.25, -0.2) is 9.78 Å². The van der Waals surface area contributed by atoms with Crippen LogP contribution in [0.3, 0.4) is 0 Å². The Balaban J connectivity index is 1.94. The van der Waals surface area contributed by atoms with Gasteiger partial charge in [-0.1, -0.05) is 12.1 Å². The van der Waals surface area contributed by atoms with Crippen molar-refractivity contribution in [1.82, 2.24) is 20.2 Å². The summed E-state index contributed by atoms with van der Waals surface area (Å²) in [5.74, 6) is 0.940. The Labute approximate surface area is 136 Å². The van der Waals surface area contributed by atoms with Crippen molar-refractivity contribution in [3.63, 3.8) is 0 Å². The minimum atomic E-state index is -0.198. The number of hydrogen-bond donors (Lipinski definition) is 2. The predicted molar refractivity (Wildman–Crippen MR) is 89.7 cm³/mol. The quantitative estimate of drug-likeness (QED) is 0.860. The summed E-state index contributed by atoms with van der Waals surface area (Å²) in [7, 11) is 1.62. The van der Waals surface area contributed by atoms with Crippen molar-refractivity contribution in [1.29, 1.82) is 0 Å². The number of carbonyl (C=O) groups excluding carboxylic acids is 1. The number of aryl methyl sites for hydroxylation is 1. The highest BCUT2D eigenvalue weighted by Gasteiger charge is 2.10. The molecule has 0 bridgehead atoms. The average molecular weight is 316 g/mol. The first-order valence-corrected chi connectivity index (χ1v) is 7.68. The maximum Gasteiger partial charge on any atom is 0.315 e. The van der Waals surface area contributed by atoms with Crippen LogP contribution in [-0.2, 0) is 4.74 Å². The Morgan fingerprint density at radius 1 is 1.30 bits per heavy atom. The van der Waals surface area contributed by atoms with Crippen LogP contribution in [0.5, 0.6) is 0 Å². The van der Waals surface area contributed by atoms with E-state index in [0.29, 0.717) is 6.54 Å². The van der Waals surface area contributed by atoms with Gasteiger partial charge in [-0.3, -0.25) is 0 Å². The molecule has 2 aromatic rings. The largest absolute Gasteiger partial charge is 0.380 e. The molecule has 2 amide bonds. The second-order valence-electron chi connectivity index (χ2n) is 5.56. The first kappa shape index (κ1) is 17.0. The molecule has 0 saturated heterocycles. The monoisotopic (exact) mass is 316 g/mol. The first-order valence-electron chi connectivity index (χ1n) is 7.68. The van der Waals surface area contributed by atoms with E-state index in [2.05, 4.69) is 15.6 Å². The second kappa shape index (κ2) is 7.78. The van der Waals surface area contributed by atoms with Gasteiger partial charge in [0.05, 0.1) is 12.1 Å². The molecule has 1 heterocycles. The van der Waals surface area contributed by atoms with Crippen molar-refractivity contribution < 1.29 is 9.53 Å². The van der Waals surface area contributed by atoms with Gasteiger partial charge in [-0.15, -0.1) is 0 Å². The van der Waals surface area contributed by atoms with Gasteiger partial charge in [0.15, 0.2) is 0 Å². The molecule has 0 radical (unpaired) electrons. The molecule has 23 heavy (non-hydrogen) atoms. The maximum atomic E-state index is 11.9. The van der Waals surface area contributed by atoms with Crippen molar-refractivity contribution in [2.45, 2.75) is 32.9 Å².